The smallest absolute Gasteiger partial charge is 0.596 e. The minimum atomic E-state index is -2.05. The largest absolute Gasteiger partial charge is 0.607 e. The van der Waals surface area contributed by atoms with Gasteiger partial charge in [-0.1, -0.05) is 99.6 Å². The Labute approximate surface area is 247 Å². The lowest BCUT2D eigenvalue weighted by atomic mass is 9.68. The summed E-state index contributed by atoms with van der Waals surface area (Å²) < 4.78 is 10.8. The highest BCUT2D eigenvalue weighted by Crippen LogP contribution is 2.34. The topological polar surface area (TPSA) is 168 Å². The first kappa shape index (κ1) is 39.8. The van der Waals surface area contributed by atoms with Crippen molar-refractivity contribution < 1.29 is 52.8 Å². The number of carbonyl (C=O) groups is 3. The second kappa shape index (κ2) is 19.7. The third-order valence-corrected chi connectivity index (χ3v) is 5.49. The number of fused-ring (bicyclic) bond motifs is 1. The van der Waals surface area contributed by atoms with Crippen LogP contribution in [-0.2, 0) is 33.3 Å². The molecular weight excluding hydrogens is 546 g/mol. The van der Waals surface area contributed by atoms with Crippen molar-refractivity contribution in [2.45, 2.75) is 14.9 Å². The predicted molar refractivity (Wildman–Crippen MR) is 160 cm³/mol. The van der Waals surface area contributed by atoms with Gasteiger partial charge in [-0.25, -0.2) is 0 Å². The number of likely N-dealkylation sites (N-methyl/N-ethyl adjacent to an activating group) is 2. The maximum absolute atomic E-state index is 11.5. The fraction of sp³-hybridized carbons (Fsp3) is 0.286. The molecule has 2 aliphatic rings. The van der Waals surface area contributed by atoms with Gasteiger partial charge in [0, 0.05) is 7.05 Å². The summed E-state index contributed by atoms with van der Waals surface area (Å²) in [6.45, 7) is -1.60. The number of nitrogens with zero attached hydrogens (tertiary/aromatic N) is 2. The molecule has 2 aromatic carbocycles. The van der Waals surface area contributed by atoms with Crippen molar-refractivity contribution in [3.8, 4) is 0 Å². The van der Waals surface area contributed by atoms with Gasteiger partial charge in [0.15, 0.2) is 0 Å². The van der Waals surface area contributed by atoms with Gasteiger partial charge in [0.2, 0.25) is 0 Å². The van der Waals surface area contributed by atoms with Crippen LogP contribution < -0.4 is 0 Å². The summed E-state index contributed by atoms with van der Waals surface area (Å²) in [6.07, 6.45) is 3.73. The Kier molecular flexibility index (Phi) is 18.7. The summed E-state index contributed by atoms with van der Waals surface area (Å²) in [5.41, 5.74) is 1.93. The van der Waals surface area contributed by atoms with E-state index in [2.05, 4.69) is 0 Å². The molecule has 0 bridgehead atoms. The van der Waals surface area contributed by atoms with E-state index in [0.29, 0.717) is 0 Å². The average molecular weight is 586 g/mol. The summed E-state index contributed by atoms with van der Waals surface area (Å²) in [4.78, 5) is 50.7. The Morgan fingerprint density at radius 2 is 1.33 bits per heavy atom. The maximum Gasteiger partial charge on any atom is 0.607 e. The number of rotatable bonds is 6. The van der Waals surface area contributed by atoms with Gasteiger partial charge in [-0.2, -0.15) is 9.59 Å². The van der Waals surface area contributed by atoms with Crippen LogP contribution in [-0.4, -0.2) is 103 Å². The molecule has 0 unspecified atom stereocenters. The van der Waals surface area contributed by atoms with Crippen molar-refractivity contribution >= 4 is 50.0 Å². The monoisotopic (exact) mass is 586 g/mol. The maximum atomic E-state index is 11.5. The van der Waals surface area contributed by atoms with Gasteiger partial charge in [0.05, 0.1) is 6.54 Å². The molecule has 0 aromatic heterocycles. The van der Waals surface area contributed by atoms with Crippen LogP contribution in [0.15, 0.2) is 72.6 Å². The number of carbonyl (C=O) groups excluding carboxylic acids is 4. The highest BCUT2D eigenvalue weighted by atomic mass is 16.7. The molecule has 42 heavy (non-hydrogen) atoms. The van der Waals surface area contributed by atoms with Crippen LogP contribution in [0, 0.1) is 0 Å². The van der Waals surface area contributed by atoms with Crippen LogP contribution in [0.2, 0.25) is 0 Å². The van der Waals surface area contributed by atoms with Crippen LogP contribution in [0.4, 0.5) is 0 Å². The molecule has 0 saturated carbocycles. The molecule has 0 amide bonds. The molecule has 14 heteroatoms. The molecule has 12 nitrogen and oxygen atoms in total. The third kappa shape index (κ3) is 13.8. The highest BCUT2D eigenvalue weighted by molar-refractivity contribution is 6.71. The van der Waals surface area contributed by atoms with Crippen LogP contribution in [0.25, 0.3) is 12.2 Å². The summed E-state index contributed by atoms with van der Waals surface area (Å²) >= 11 is 0. The lowest BCUT2D eigenvalue weighted by molar-refractivity contribution is -0.791. The molecule has 2 aliphatic heterocycles. The summed E-state index contributed by atoms with van der Waals surface area (Å²) in [6, 6.07) is 19.1. The lowest BCUT2D eigenvalue weighted by Gasteiger charge is -2.37. The second-order valence-corrected chi connectivity index (χ2v) is 9.17. The van der Waals surface area contributed by atoms with Crippen LogP contribution in [0.3, 0.4) is 0 Å². The number of aliphatic carboxylic acids is 1. The highest BCUT2D eigenvalue weighted by Gasteiger charge is 2.63. The molecule has 4 rings (SSSR count). The first-order chi connectivity index (χ1) is 18.9. The SMILES string of the molecule is C.C.CN(C)CC(=O)O.C[N+]12CC(=O)O[B-]1(/C=C/c1ccccc1)OC(=O)C2.O=C=O.OB(O)/C=C/c1ccccc1. The zero-order valence-corrected chi connectivity index (χ0v) is 22.5. The lowest BCUT2D eigenvalue weighted by Crippen LogP contribution is -2.58. The Balaban J connectivity index is 0. The predicted octanol–water partition coefficient (Wildman–Crippen LogP) is 1.77. The van der Waals surface area contributed by atoms with E-state index in [0.717, 1.165) is 11.1 Å². The number of carboxylic acid groups (broad SMARTS) is 1. The molecule has 0 radical (unpaired) electrons. The van der Waals surface area contributed by atoms with E-state index in [9.17, 15) is 14.4 Å². The van der Waals surface area contributed by atoms with E-state index >= 15 is 0 Å². The van der Waals surface area contributed by atoms with E-state index in [1.165, 1.54) is 5.98 Å². The summed E-state index contributed by atoms with van der Waals surface area (Å²) in [5, 5.41) is 25.0. The van der Waals surface area contributed by atoms with E-state index in [-0.39, 0.29) is 57.0 Å². The molecule has 3 N–H and O–H groups in total. The minimum Gasteiger partial charge on any atom is -0.596 e. The van der Waals surface area contributed by atoms with Gasteiger partial charge in [0.25, 0.3) is 0 Å². The van der Waals surface area contributed by atoms with E-state index in [4.69, 9.17) is 34.1 Å². The van der Waals surface area contributed by atoms with Crippen molar-refractivity contribution in [1.82, 2.24) is 4.90 Å². The molecule has 2 fully saturated rings. The molecule has 2 aromatic rings. The number of benzene rings is 2. The quantitative estimate of drug-likeness (QED) is 0.422. The third-order valence-electron chi connectivity index (χ3n) is 5.49. The first-order valence-corrected chi connectivity index (χ1v) is 12.0. The van der Waals surface area contributed by atoms with Crippen LogP contribution in [0.1, 0.15) is 26.0 Å². The zero-order valence-electron chi connectivity index (χ0n) is 22.5. The number of quaternary nitrogens is 1. The Morgan fingerprint density at radius 3 is 1.67 bits per heavy atom. The number of carboxylic acids is 1. The molecule has 2 heterocycles. The summed E-state index contributed by atoms with van der Waals surface area (Å²) in [5.74, 6) is 1.59. The molecule has 0 aliphatic carbocycles. The van der Waals surface area contributed by atoms with Crippen LogP contribution >= 0.6 is 0 Å². The van der Waals surface area contributed by atoms with Crippen molar-refractivity contribution in [2.24, 2.45) is 0 Å². The van der Waals surface area contributed by atoms with Gasteiger partial charge in [-0.15, -0.1) is 0 Å². The summed E-state index contributed by atoms with van der Waals surface area (Å²) in [7, 11) is 3.88. The Bertz CT molecular complexity index is 1180. The molecule has 0 spiro atoms. The molecular formula is C28H40B2N2O10. The van der Waals surface area contributed by atoms with Crippen molar-refractivity contribution in [3.05, 3.63) is 83.7 Å². The fourth-order valence-electron chi connectivity index (χ4n) is 3.75. The van der Waals surface area contributed by atoms with E-state index < -0.39 is 19.8 Å². The number of hydrogen-bond acceptors (Lipinski definition) is 10. The van der Waals surface area contributed by atoms with Crippen molar-refractivity contribution in [1.29, 1.82) is 0 Å². The minimum absolute atomic E-state index is 0. The van der Waals surface area contributed by atoms with Gasteiger partial charge in [-0.3, -0.25) is 19.3 Å². The van der Waals surface area contributed by atoms with Gasteiger partial charge in [-0.05, 0) is 25.2 Å². The van der Waals surface area contributed by atoms with Crippen LogP contribution in [0.5, 0.6) is 0 Å². The van der Waals surface area contributed by atoms with Gasteiger partial charge in [0.1, 0.15) is 13.1 Å². The normalized spacial score (nSPS) is 19.6. The van der Waals surface area contributed by atoms with E-state index in [1.54, 1.807) is 31.0 Å². The van der Waals surface area contributed by atoms with Crippen molar-refractivity contribution in [3.63, 3.8) is 0 Å². The standard InChI is InChI=1S/C13H14BNO4.C8H9BO2.C4H9NO2.CO2.2CH4/c1-15-9-12(16)18-14(15,19-13(17)10-15)8-7-11-5-3-2-4-6-11;10-9(11)7-6-8-4-2-1-3-5-8;1-5(2)3-4(6)7;2-1-3;;/h2-8H,9-10H2,1H3;1-7,10-11H;3H2,1-2H3,(H,6,7);;2*1H4/b8-7+;7-6+;;;;. The number of hydrogen-bond donors (Lipinski definition) is 3. The fourth-order valence-corrected chi connectivity index (χ4v) is 3.75. The average Bonchev–Trinajstić information content (AvgIpc) is 3.25. The van der Waals surface area contributed by atoms with E-state index in [1.807, 2.05) is 73.8 Å². The first-order valence-electron chi connectivity index (χ1n) is 12.0. The van der Waals surface area contributed by atoms with Gasteiger partial charge < -0.3 is 28.9 Å². The zero-order chi connectivity index (χ0) is 30.2. The Morgan fingerprint density at radius 1 is 0.929 bits per heavy atom. The Hall–Kier alpha value is -4.32. The van der Waals surface area contributed by atoms with Gasteiger partial charge >= 0.3 is 37.9 Å². The second-order valence-electron chi connectivity index (χ2n) is 9.17. The molecule has 228 valence electrons. The van der Waals surface area contributed by atoms with Crippen molar-refractivity contribution in [2.75, 3.05) is 40.8 Å². The molecule has 2 saturated heterocycles. The molecule has 0 atom stereocenters.